The van der Waals surface area contributed by atoms with Crippen molar-refractivity contribution in [1.82, 2.24) is 15.1 Å². The maximum atomic E-state index is 12.7. The smallest absolute Gasteiger partial charge is 0.263 e. The quantitative estimate of drug-likeness (QED) is 0.945. The van der Waals surface area contributed by atoms with E-state index in [0.29, 0.717) is 24.6 Å². The molecule has 0 unspecified atom stereocenters. The number of likely N-dealkylation sites (tertiary alicyclic amines) is 1. The molecule has 3 rings (SSSR count). The second-order valence-electron chi connectivity index (χ2n) is 5.50. The van der Waals surface area contributed by atoms with E-state index >= 15 is 0 Å². The molecule has 0 bridgehead atoms. The van der Waals surface area contributed by atoms with Gasteiger partial charge in [-0.1, -0.05) is 12.1 Å². The van der Waals surface area contributed by atoms with E-state index in [-0.39, 0.29) is 11.5 Å². The number of hydrogen-bond acceptors (Lipinski definition) is 2. The Morgan fingerprint density at radius 3 is 2.68 bits per heavy atom. The molecule has 1 aromatic carbocycles. The van der Waals surface area contributed by atoms with Crippen LogP contribution in [0.15, 0.2) is 36.5 Å². The third-order valence-corrected chi connectivity index (χ3v) is 4.13. The summed E-state index contributed by atoms with van der Waals surface area (Å²) in [5.74, 6) is 0.199. The minimum absolute atomic E-state index is 0.113. The molecule has 6 heteroatoms. The largest absolute Gasteiger partial charge is 0.339 e. The Bertz CT molecular complexity index is 635. The van der Waals surface area contributed by atoms with Crippen molar-refractivity contribution in [2.24, 2.45) is 0 Å². The molecule has 1 fully saturated rings. The average Bonchev–Trinajstić information content (AvgIpc) is 3.09. The highest BCUT2D eigenvalue weighted by atomic mass is 19.3. The lowest BCUT2D eigenvalue weighted by Gasteiger charge is -2.31. The Balaban J connectivity index is 1.66. The van der Waals surface area contributed by atoms with E-state index in [2.05, 4.69) is 10.2 Å². The second kappa shape index (κ2) is 6.25. The van der Waals surface area contributed by atoms with E-state index < -0.39 is 6.43 Å². The molecule has 0 atom stereocenters. The summed E-state index contributed by atoms with van der Waals surface area (Å²) < 4.78 is 25.5. The summed E-state index contributed by atoms with van der Waals surface area (Å²) in [5, 5.41) is 6.91. The van der Waals surface area contributed by atoms with Crippen LogP contribution in [0.4, 0.5) is 8.78 Å². The van der Waals surface area contributed by atoms with Gasteiger partial charge < -0.3 is 4.90 Å². The van der Waals surface area contributed by atoms with E-state index in [0.717, 1.165) is 18.5 Å². The first kappa shape index (κ1) is 14.7. The third kappa shape index (κ3) is 3.00. The number of piperidine rings is 1. The van der Waals surface area contributed by atoms with Gasteiger partial charge in [0.1, 0.15) is 0 Å². The molecular weight excluding hydrogens is 288 g/mol. The number of aromatic amines is 1. The van der Waals surface area contributed by atoms with Crippen LogP contribution in [-0.2, 0) is 0 Å². The third-order valence-electron chi connectivity index (χ3n) is 4.13. The van der Waals surface area contributed by atoms with Crippen LogP contribution in [0.25, 0.3) is 0 Å². The first-order valence-electron chi connectivity index (χ1n) is 7.32. The van der Waals surface area contributed by atoms with Crippen LogP contribution in [-0.4, -0.2) is 34.1 Å². The summed E-state index contributed by atoms with van der Waals surface area (Å²) >= 11 is 0. The van der Waals surface area contributed by atoms with Crippen molar-refractivity contribution in [2.45, 2.75) is 25.2 Å². The van der Waals surface area contributed by atoms with Gasteiger partial charge in [-0.15, -0.1) is 0 Å². The molecule has 1 N–H and O–H groups in total. The Hall–Kier alpha value is -2.24. The Labute approximate surface area is 127 Å². The molecular formula is C16H17F2N3O. The Morgan fingerprint density at radius 1 is 1.27 bits per heavy atom. The van der Waals surface area contributed by atoms with Gasteiger partial charge in [-0.3, -0.25) is 9.89 Å². The second-order valence-corrected chi connectivity index (χ2v) is 5.50. The van der Waals surface area contributed by atoms with Gasteiger partial charge in [0.2, 0.25) is 0 Å². The van der Waals surface area contributed by atoms with Gasteiger partial charge in [-0.2, -0.15) is 5.10 Å². The summed E-state index contributed by atoms with van der Waals surface area (Å²) in [6.07, 6.45) is 0.868. The highest BCUT2D eigenvalue weighted by Gasteiger charge is 2.25. The molecule has 0 saturated carbocycles. The molecule has 1 aliphatic heterocycles. The van der Waals surface area contributed by atoms with Crippen LogP contribution < -0.4 is 0 Å². The van der Waals surface area contributed by atoms with Crippen LogP contribution >= 0.6 is 0 Å². The van der Waals surface area contributed by atoms with Crippen LogP contribution in [0.1, 0.15) is 46.8 Å². The van der Waals surface area contributed by atoms with Crippen LogP contribution in [0, 0.1) is 0 Å². The zero-order chi connectivity index (χ0) is 15.5. The number of carbonyl (C=O) groups is 1. The molecule has 22 heavy (non-hydrogen) atoms. The number of nitrogens with one attached hydrogen (secondary N) is 1. The van der Waals surface area contributed by atoms with Gasteiger partial charge in [0.15, 0.2) is 0 Å². The van der Waals surface area contributed by atoms with Gasteiger partial charge in [0, 0.05) is 42.0 Å². The van der Waals surface area contributed by atoms with Crippen molar-refractivity contribution >= 4 is 5.91 Å². The van der Waals surface area contributed by atoms with Crippen molar-refractivity contribution in [1.29, 1.82) is 0 Å². The van der Waals surface area contributed by atoms with Crippen LogP contribution in [0.5, 0.6) is 0 Å². The van der Waals surface area contributed by atoms with Crippen molar-refractivity contribution in [2.75, 3.05) is 13.1 Å². The summed E-state index contributed by atoms with van der Waals surface area (Å²) in [6, 6.07) is 7.68. The van der Waals surface area contributed by atoms with E-state index in [4.69, 9.17) is 0 Å². The number of rotatable bonds is 3. The molecule has 4 nitrogen and oxygen atoms in total. The monoisotopic (exact) mass is 305 g/mol. The normalized spacial score (nSPS) is 16.2. The molecule has 2 aromatic rings. The minimum atomic E-state index is -2.56. The number of carbonyl (C=O) groups excluding carboxylic acids is 1. The number of hydrogen-bond donors (Lipinski definition) is 1. The van der Waals surface area contributed by atoms with Gasteiger partial charge in [0.05, 0.1) is 0 Å². The molecule has 2 heterocycles. The number of H-pyrrole nitrogens is 1. The molecule has 116 valence electrons. The summed E-state index contributed by atoms with van der Waals surface area (Å²) in [6.45, 7) is 1.25. The fourth-order valence-corrected chi connectivity index (χ4v) is 2.88. The van der Waals surface area contributed by atoms with Gasteiger partial charge in [-0.05, 0) is 31.0 Å². The number of benzene rings is 1. The zero-order valence-electron chi connectivity index (χ0n) is 12.0. The lowest BCUT2D eigenvalue weighted by molar-refractivity contribution is 0.0711. The Morgan fingerprint density at radius 2 is 2.05 bits per heavy atom. The number of halogens is 2. The predicted molar refractivity (Wildman–Crippen MR) is 77.9 cm³/mol. The maximum Gasteiger partial charge on any atom is 0.263 e. The van der Waals surface area contributed by atoms with Crippen molar-refractivity contribution in [3.63, 3.8) is 0 Å². The molecule has 1 aliphatic rings. The SMILES string of the molecule is O=C(c1cccc(C(F)F)c1)N1CCC(c2ccn[nH]2)CC1. The molecule has 1 saturated heterocycles. The number of aromatic nitrogens is 2. The number of amides is 1. The van der Waals surface area contributed by atoms with Crippen molar-refractivity contribution in [3.05, 3.63) is 53.3 Å². The van der Waals surface area contributed by atoms with Gasteiger partial charge >= 0.3 is 0 Å². The first-order chi connectivity index (χ1) is 10.6. The average molecular weight is 305 g/mol. The summed E-state index contributed by atoms with van der Waals surface area (Å²) in [7, 11) is 0. The van der Waals surface area contributed by atoms with E-state index in [1.165, 1.54) is 18.2 Å². The van der Waals surface area contributed by atoms with E-state index in [1.54, 1.807) is 17.2 Å². The molecule has 1 amide bonds. The molecule has 0 aliphatic carbocycles. The maximum absolute atomic E-state index is 12.7. The van der Waals surface area contributed by atoms with Crippen LogP contribution in [0.2, 0.25) is 0 Å². The molecule has 1 aromatic heterocycles. The highest BCUT2D eigenvalue weighted by Crippen LogP contribution is 2.27. The van der Waals surface area contributed by atoms with Crippen LogP contribution in [0.3, 0.4) is 0 Å². The minimum Gasteiger partial charge on any atom is -0.339 e. The summed E-state index contributed by atoms with van der Waals surface area (Å²) in [5.41, 5.74) is 1.31. The molecule has 0 spiro atoms. The fraction of sp³-hybridized carbons (Fsp3) is 0.375. The lowest BCUT2D eigenvalue weighted by Crippen LogP contribution is -2.38. The standard InChI is InChI=1S/C16H17F2N3O/c17-15(18)12-2-1-3-13(10-12)16(22)21-8-5-11(6-9-21)14-4-7-19-20-14/h1-4,7,10-11,15H,5-6,8-9H2,(H,19,20). The highest BCUT2D eigenvalue weighted by molar-refractivity contribution is 5.94. The van der Waals surface area contributed by atoms with E-state index in [1.807, 2.05) is 6.07 Å². The number of alkyl halides is 2. The first-order valence-corrected chi connectivity index (χ1v) is 7.32. The van der Waals surface area contributed by atoms with Gasteiger partial charge in [0.25, 0.3) is 12.3 Å². The van der Waals surface area contributed by atoms with Crippen molar-refractivity contribution in [3.8, 4) is 0 Å². The lowest BCUT2D eigenvalue weighted by atomic mass is 9.93. The van der Waals surface area contributed by atoms with E-state index in [9.17, 15) is 13.6 Å². The Kier molecular flexibility index (Phi) is 4.18. The van der Waals surface area contributed by atoms with Crippen molar-refractivity contribution < 1.29 is 13.6 Å². The predicted octanol–water partition coefficient (Wildman–Crippen LogP) is 3.37. The molecule has 0 radical (unpaired) electrons. The topological polar surface area (TPSA) is 49.0 Å². The zero-order valence-corrected chi connectivity index (χ0v) is 12.0. The van der Waals surface area contributed by atoms with Gasteiger partial charge in [-0.25, -0.2) is 8.78 Å². The number of nitrogens with zero attached hydrogens (tertiary/aromatic N) is 2. The fourth-order valence-electron chi connectivity index (χ4n) is 2.88. The summed E-state index contributed by atoms with van der Waals surface area (Å²) in [4.78, 5) is 14.2.